The van der Waals surface area contributed by atoms with Crippen molar-refractivity contribution in [1.29, 1.82) is 0 Å². The van der Waals surface area contributed by atoms with E-state index in [0.29, 0.717) is 0 Å². The van der Waals surface area contributed by atoms with Crippen LogP contribution in [0.3, 0.4) is 0 Å². The maximum atomic E-state index is 11.6. The maximum absolute atomic E-state index is 11.6. The number of nitrogens with zero attached hydrogens (tertiary/aromatic N) is 2. The summed E-state index contributed by atoms with van der Waals surface area (Å²) in [5, 5.41) is 14.9. The zero-order chi connectivity index (χ0) is 10.8. The van der Waals surface area contributed by atoms with E-state index in [9.17, 15) is 9.59 Å². The highest BCUT2D eigenvalue weighted by Crippen LogP contribution is 2.19. The van der Waals surface area contributed by atoms with Gasteiger partial charge in [0.2, 0.25) is 0 Å². The predicted molar refractivity (Wildman–Crippen MR) is 52.0 cm³/mol. The van der Waals surface area contributed by atoms with E-state index in [1.807, 2.05) is 0 Å². The van der Waals surface area contributed by atoms with E-state index in [2.05, 4.69) is 14.9 Å². The van der Waals surface area contributed by atoms with Crippen molar-refractivity contribution in [1.82, 2.24) is 14.9 Å². The van der Waals surface area contributed by atoms with Gasteiger partial charge in [-0.1, -0.05) is 4.49 Å². The number of aromatic carboxylic acids is 1. The summed E-state index contributed by atoms with van der Waals surface area (Å²) < 4.78 is 3.47. The second kappa shape index (κ2) is 3.93. The van der Waals surface area contributed by atoms with Crippen LogP contribution in [0.5, 0.6) is 0 Å². The first-order valence-electron chi connectivity index (χ1n) is 4.55. The van der Waals surface area contributed by atoms with E-state index in [0.717, 1.165) is 30.8 Å². The lowest BCUT2D eigenvalue weighted by atomic mass is 9.93. The smallest absolute Gasteiger partial charge is 0.358 e. The summed E-state index contributed by atoms with van der Waals surface area (Å²) in [6.07, 6.45) is 3.03. The molecule has 1 aliphatic carbocycles. The van der Waals surface area contributed by atoms with Gasteiger partial charge in [-0.3, -0.25) is 4.79 Å². The molecule has 1 fully saturated rings. The molecule has 1 aromatic rings. The van der Waals surface area contributed by atoms with Crippen LogP contribution in [0.15, 0.2) is 0 Å². The third kappa shape index (κ3) is 1.96. The van der Waals surface area contributed by atoms with Crippen LogP contribution in [-0.4, -0.2) is 32.6 Å². The van der Waals surface area contributed by atoms with Crippen molar-refractivity contribution in [3.8, 4) is 0 Å². The third-order valence-electron chi connectivity index (χ3n) is 2.34. The zero-order valence-electron chi connectivity index (χ0n) is 7.77. The molecule has 0 saturated heterocycles. The molecule has 2 rings (SSSR count). The molecule has 0 atom stereocenters. The number of nitrogens with one attached hydrogen (secondary N) is 1. The molecular formula is C8H9N3O3S. The molecule has 7 heteroatoms. The van der Waals surface area contributed by atoms with Crippen molar-refractivity contribution in [3.63, 3.8) is 0 Å². The average molecular weight is 227 g/mol. The first-order valence-corrected chi connectivity index (χ1v) is 5.32. The van der Waals surface area contributed by atoms with Gasteiger partial charge in [-0.05, 0) is 30.8 Å². The summed E-state index contributed by atoms with van der Waals surface area (Å²) >= 11 is 0.809. The minimum atomic E-state index is -1.22. The first-order chi connectivity index (χ1) is 7.18. The molecule has 0 aromatic carbocycles. The van der Waals surface area contributed by atoms with Crippen LogP contribution in [0.25, 0.3) is 0 Å². The van der Waals surface area contributed by atoms with Crippen LogP contribution in [-0.2, 0) is 0 Å². The summed E-state index contributed by atoms with van der Waals surface area (Å²) in [4.78, 5) is 22.3. The molecule has 1 saturated carbocycles. The van der Waals surface area contributed by atoms with E-state index < -0.39 is 5.97 Å². The summed E-state index contributed by atoms with van der Waals surface area (Å²) in [7, 11) is 0. The van der Waals surface area contributed by atoms with Gasteiger partial charge < -0.3 is 10.4 Å². The Hall–Kier alpha value is -1.50. The van der Waals surface area contributed by atoms with Crippen LogP contribution in [0.2, 0.25) is 0 Å². The zero-order valence-corrected chi connectivity index (χ0v) is 8.58. The first kappa shape index (κ1) is 10.0. The van der Waals surface area contributed by atoms with E-state index in [-0.39, 0.29) is 22.5 Å². The lowest BCUT2D eigenvalue weighted by Gasteiger charge is -2.25. The lowest BCUT2D eigenvalue weighted by molar-refractivity contribution is 0.0684. The Morgan fingerprint density at radius 3 is 2.73 bits per heavy atom. The van der Waals surface area contributed by atoms with Crippen molar-refractivity contribution in [3.05, 3.63) is 10.6 Å². The largest absolute Gasteiger partial charge is 0.476 e. The Bertz CT molecular complexity index is 400. The maximum Gasteiger partial charge on any atom is 0.358 e. The molecule has 1 amide bonds. The Labute approximate surface area is 89.5 Å². The minimum absolute atomic E-state index is 0.0781. The second-order valence-electron chi connectivity index (χ2n) is 3.36. The molecule has 0 aliphatic heterocycles. The van der Waals surface area contributed by atoms with E-state index in [1.165, 1.54) is 0 Å². The highest BCUT2D eigenvalue weighted by atomic mass is 32.1. The van der Waals surface area contributed by atoms with Crippen LogP contribution in [0, 0.1) is 0 Å². The van der Waals surface area contributed by atoms with E-state index >= 15 is 0 Å². The molecule has 1 aliphatic rings. The highest BCUT2D eigenvalue weighted by molar-refractivity contribution is 7.08. The van der Waals surface area contributed by atoms with Gasteiger partial charge in [0, 0.05) is 6.04 Å². The molecule has 0 bridgehead atoms. The van der Waals surface area contributed by atoms with Crippen molar-refractivity contribution in [2.24, 2.45) is 0 Å². The van der Waals surface area contributed by atoms with Gasteiger partial charge >= 0.3 is 5.97 Å². The number of aromatic nitrogens is 2. The number of carbonyl (C=O) groups is 2. The normalized spacial score (nSPS) is 15.7. The van der Waals surface area contributed by atoms with Crippen molar-refractivity contribution < 1.29 is 14.7 Å². The van der Waals surface area contributed by atoms with Crippen LogP contribution < -0.4 is 5.32 Å². The topological polar surface area (TPSA) is 92.2 Å². The van der Waals surface area contributed by atoms with Crippen LogP contribution in [0.4, 0.5) is 0 Å². The molecule has 0 unspecified atom stereocenters. The van der Waals surface area contributed by atoms with E-state index in [1.54, 1.807) is 0 Å². The molecule has 0 spiro atoms. The molecule has 80 valence electrons. The van der Waals surface area contributed by atoms with E-state index in [4.69, 9.17) is 5.11 Å². The number of hydrogen-bond acceptors (Lipinski definition) is 5. The van der Waals surface area contributed by atoms with Gasteiger partial charge in [0.15, 0.2) is 5.69 Å². The number of hydrogen-bond donors (Lipinski definition) is 2. The molecule has 1 heterocycles. The quantitative estimate of drug-likeness (QED) is 0.785. The second-order valence-corrected chi connectivity index (χ2v) is 4.11. The van der Waals surface area contributed by atoms with Crippen molar-refractivity contribution >= 4 is 23.4 Å². The summed E-state index contributed by atoms with van der Waals surface area (Å²) in [6, 6.07) is 0.182. The fourth-order valence-corrected chi connectivity index (χ4v) is 1.84. The van der Waals surface area contributed by atoms with Gasteiger partial charge in [-0.15, -0.1) is 5.10 Å². The molecular weight excluding hydrogens is 218 g/mol. The van der Waals surface area contributed by atoms with Crippen LogP contribution in [0.1, 0.15) is 39.4 Å². The Morgan fingerprint density at radius 1 is 1.47 bits per heavy atom. The fourth-order valence-electron chi connectivity index (χ4n) is 1.28. The highest BCUT2D eigenvalue weighted by Gasteiger charge is 2.25. The minimum Gasteiger partial charge on any atom is -0.476 e. The van der Waals surface area contributed by atoms with Gasteiger partial charge in [-0.2, -0.15) is 0 Å². The number of carboxylic acids is 1. The van der Waals surface area contributed by atoms with Gasteiger partial charge in [0.25, 0.3) is 5.91 Å². The number of carboxylic acid groups (broad SMARTS) is 1. The van der Waals surface area contributed by atoms with Crippen LogP contribution >= 0.6 is 11.5 Å². The molecule has 15 heavy (non-hydrogen) atoms. The SMILES string of the molecule is O=C(O)c1nnsc1C(=O)NC1CCC1. The van der Waals surface area contributed by atoms with Crippen molar-refractivity contribution in [2.45, 2.75) is 25.3 Å². The Morgan fingerprint density at radius 2 is 2.20 bits per heavy atom. The molecule has 0 radical (unpaired) electrons. The molecule has 6 nitrogen and oxygen atoms in total. The monoisotopic (exact) mass is 227 g/mol. The predicted octanol–water partition coefficient (Wildman–Crippen LogP) is 0.519. The lowest BCUT2D eigenvalue weighted by Crippen LogP contribution is -2.39. The fraction of sp³-hybridized carbons (Fsp3) is 0.500. The van der Waals surface area contributed by atoms with Gasteiger partial charge in [0.1, 0.15) is 4.88 Å². The Balaban J connectivity index is 2.10. The van der Waals surface area contributed by atoms with Gasteiger partial charge in [-0.25, -0.2) is 4.79 Å². The number of carbonyl (C=O) groups excluding carboxylic acids is 1. The molecule has 2 N–H and O–H groups in total. The Kier molecular flexibility index (Phi) is 2.63. The summed E-state index contributed by atoms with van der Waals surface area (Å²) in [5.74, 6) is -1.60. The van der Waals surface area contributed by atoms with Gasteiger partial charge in [0.05, 0.1) is 0 Å². The average Bonchev–Trinajstić information content (AvgIpc) is 2.59. The summed E-state index contributed by atoms with van der Waals surface area (Å²) in [6.45, 7) is 0. The number of amides is 1. The summed E-state index contributed by atoms with van der Waals surface area (Å²) in [5.41, 5.74) is -0.267. The molecule has 1 aromatic heterocycles. The number of rotatable bonds is 3. The third-order valence-corrected chi connectivity index (χ3v) is 3.06. The standard InChI is InChI=1S/C8H9N3O3S/c12-7(9-4-2-1-3-4)6-5(8(13)14)10-11-15-6/h4H,1-3H2,(H,9,12)(H,13,14). The van der Waals surface area contributed by atoms with Crippen molar-refractivity contribution in [2.75, 3.05) is 0 Å².